The van der Waals surface area contributed by atoms with E-state index in [1.807, 2.05) is 0 Å². The summed E-state index contributed by atoms with van der Waals surface area (Å²) in [7, 11) is 0. The van der Waals surface area contributed by atoms with E-state index in [0.29, 0.717) is 23.2 Å². The van der Waals surface area contributed by atoms with Crippen molar-refractivity contribution < 1.29 is 14.3 Å². The molecule has 28 heavy (non-hydrogen) atoms. The van der Waals surface area contributed by atoms with Crippen molar-refractivity contribution in [3.8, 4) is 0 Å². The fourth-order valence-electron chi connectivity index (χ4n) is 8.27. The Balaban J connectivity index is 1.52. The Kier molecular flexibility index (Phi) is 5.04. The normalized spacial score (nSPS) is 47.2. The average Bonchev–Trinajstić information content (AvgIpc) is 2.99. The van der Waals surface area contributed by atoms with Crippen molar-refractivity contribution in [2.45, 2.75) is 84.7 Å². The van der Waals surface area contributed by atoms with Crippen LogP contribution >= 0.6 is 0 Å². The molecule has 4 aliphatic rings. The molecule has 0 spiro atoms. The number of hydrogen-bond donors (Lipinski definition) is 0. The van der Waals surface area contributed by atoms with E-state index >= 15 is 0 Å². The Morgan fingerprint density at radius 1 is 1.00 bits per heavy atom. The van der Waals surface area contributed by atoms with E-state index in [-0.39, 0.29) is 35.7 Å². The van der Waals surface area contributed by atoms with Crippen molar-refractivity contribution in [3.63, 3.8) is 0 Å². The number of ketones is 1. The molecule has 0 saturated heterocycles. The van der Waals surface area contributed by atoms with Gasteiger partial charge in [0.15, 0.2) is 0 Å². The van der Waals surface area contributed by atoms with Gasteiger partial charge in [0, 0.05) is 12.8 Å². The van der Waals surface area contributed by atoms with Crippen LogP contribution in [0.3, 0.4) is 0 Å². The smallest absolute Gasteiger partial charge is 0.362 e. The van der Waals surface area contributed by atoms with Crippen molar-refractivity contribution in [2.75, 3.05) is 6.54 Å². The van der Waals surface area contributed by atoms with Crippen molar-refractivity contribution >= 4 is 11.8 Å². The van der Waals surface area contributed by atoms with Crippen molar-refractivity contribution in [1.82, 2.24) is 0 Å². The van der Waals surface area contributed by atoms with E-state index in [1.165, 1.54) is 26.2 Å². The number of diazo groups is 1. The number of esters is 1. The Morgan fingerprint density at radius 2 is 1.71 bits per heavy atom. The molecule has 4 rings (SSSR count). The minimum Gasteiger partial charge on any atom is -0.463 e. The predicted molar refractivity (Wildman–Crippen MR) is 106 cm³/mol. The summed E-state index contributed by atoms with van der Waals surface area (Å²) in [4.78, 5) is 27.1. The number of fused-ring (bicyclic) bond motifs is 5. The summed E-state index contributed by atoms with van der Waals surface area (Å²) in [6.07, 6.45) is 10.2. The fourth-order valence-corrected chi connectivity index (χ4v) is 8.27. The molecule has 8 atom stereocenters. The summed E-state index contributed by atoms with van der Waals surface area (Å²) in [5, 5.41) is 8.88. The summed E-state index contributed by atoms with van der Waals surface area (Å²) < 4.78 is 5.56. The van der Waals surface area contributed by atoms with Gasteiger partial charge in [-0.1, -0.05) is 13.8 Å². The first-order chi connectivity index (χ1) is 13.3. The van der Waals surface area contributed by atoms with Gasteiger partial charge >= 0.3 is 12.5 Å². The molecule has 0 aliphatic heterocycles. The summed E-state index contributed by atoms with van der Waals surface area (Å²) >= 11 is 0. The number of hydrogen-bond acceptors (Lipinski definition) is 4. The zero-order valence-electron chi connectivity index (χ0n) is 17.7. The van der Waals surface area contributed by atoms with E-state index in [1.54, 1.807) is 0 Å². The third-order valence-corrected chi connectivity index (χ3v) is 9.57. The summed E-state index contributed by atoms with van der Waals surface area (Å²) in [6.45, 7) is 6.32. The number of rotatable bonds is 3. The van der Waals surface area contributed by atoms with Gasteiger partial charge in [-0.2, -0.15) is 0 Å². The molecule has 4 fully saturated rings. The number of Topliss-reactive ketones (excluding diaryl/α,β-unsaturated/α-hetero) is 1. The van der Waals surface area contributed by atoms with Gasteiger partial charge in [0.2, 0.25) is 11.2 Å². The summed E-state index contributed by atoms with van der Waals surface area (Å²) in [5.74, 6) is 2.79. The van der Waals surface area contributed by atoms with E-state index in [4.69, 9.17) is 10.1 Å². The highest BCUT2D eigenvalue weighted by Crippen LogP contribution is 2.67. The average molecular weight is 388 g/mol. The van der Waals surface area contributed by atoms with E-state index < -0.39 is 0 Å². The molecule has 5 heteroatoms. The highest BCUT2D eigenvalue weighted by Gasteiger charge is 2.61. The second-order valence-corrected chi connectivity index (χ2v) is 10.6. The molecule has 0 N–H and O–H groups in total. The zero-order valence-corrected chi connectivity index (χ0v) is 17.7. The van der Waals surface area contributed by atoms with Crippen molar-refractivity contribution in [2.24, 2.45) is 40.4 Å². The molecule has 0 amide bonds. The maximum Gasteiger partial charge on any atom is 0.362 e. The molecule has 0 aromatic heterocycles. The lowest BCUT2D eigenvalue weighted by atomic mass is 9.44. The van der Waals surface area contributed by atoms with Gasteiger partial charge in [0.05, 0.1) is 0 Å². The molecule has 0 aromatic carbocycles. The lowest BCUT2D eigenvalue weighted by Gasteiger charge is -2.61. The van der Waals surface area contributed by atoms with Crippen molar-refractivity contribution in [3.05, 3.63) is 4.98 Å². The highest BCUT2D eigenvalue weighted by atomic mass is 16.5. The minimum atomic E-state index is -0.146. The van der Waals surface area contributed by atoms with Crippen LogP contribution in [-0.2, 0) is 14.3 Å². The van der Waals surface area contributed by atoms with Gasteiger partial charge in [-0.25, -0.2) is 0 Å². The minimum absolute atomic E-state index is 0.0433. The Morgan fingerprint density at radius 3 is 2.43 bits per heavy atom. The topological polar surface area (TPSA) is 71.5 Å². The van der Waals surface area contributed by atoms with Gasteiger partial charge in [0.25, 0.3) is 0 Å². The first-order valence-corrected chi connectivity index (χ1v) is 11.3. The predicted octanol–water partition coefficient (Wildman–Crippen LogP) is 5.00. The van der Waals surface area contributed by atoms with Crippen LogP contribution in [-0.4, -0.2) is 24.4 Å². The summed E-state index contributed by atoms with van der Waals surface area (Å²) in [6, 6.07) is 0. The largest absolute Gasteiger partial charge is 0.463 e. The maximum absolute atomic E-state index is 12.6. The molecule has 0 bridgehead atoms. The number of carbonyl (C=O) groups excluding carboxylic acids is 2. The molecule has 8 unspecified atom stereocenters. The highest BCUT2D eigenvalue weighted by molar-refractivity contribution is 5.85. The number of carbonyl (C=O) groups is 2. The Bertz CT molecular complexity index is 700. The van der Waals surface area contributed by atoms with Crippen molar-refractivity contribution in [1.29, 1.82) is 5.39 Å². The molecular formula is C23H35N2O3+. The number of ether oxygens (including phenoxy) is 1. The molecular weight excluding hydrogens is 352 g/mol. The molecule has 4 aliphatic carbocycles. The molecule has 0 radical (unpaired) electrons. The van der Waals surface area contributed by atoms with Crippen LogP contribution in [0.25, 0.3) is 4.98 Å². The van der Waals surface area contributed by atoms with Crippen LogP contribution < -0.4 is 0 Å². The quantitative estimate of drug-likeness (QED) is 0.505. The molecule has 154 valence electrons. The van der Waals surface area contributed by atoms with Gasteiger partial charge in [-0.3, -0.25) is 9.59 Å². The molecule has 5 nitrogen and oxygen atoms in total. The first kappa shape index (κ1) is 19.9. The number of nitrogens with zero attached hydrogens (tertiary/aromatic N) is 2. The Labute approximate surface area is 168 Å². The van der Waals surface area contributed by atoms with E-state index in [9.17, 15) is 9.59 Å². The fraction of sp³-hybridized carbons (Fsp3) is 0.913. The SMILES string of the molecule is CC(=O)OC1CCC2(C)C(CCC3C2CCC2(C)C(C(=O)C[N+]#N)CCC32)C1. The van der Waals surface area contributed by atoms with Gasteiger partial charge in [-0.15, -0.1) is 0 Å². The van der Waals surface area contributed by atoms with Crippen LogP contribution in [0.15, 0.2) is 0 Å². The summed E-state index contributed by atoms with van der Waals surface area (Å²) in [5.41, 5.74) is 0.435. The van der Waals surface area contributed by atoms with Gasteiger partial charge < -0.3 is 4.74 Å². The third-order valence-electron chi connectivity index (χ3n) is 9.57. The zero-order chi connectivity index (χ0) is 20.1. The van der Waals surface area contributed by atoms with Gasteiger partial charge in [-0.05, 0) is 92.3 Å². The third kappa shape index (κ3) is 2.99. The standard InChI is InChI=1S/C23H35N2O3/c1-14(26)28-16-8-10-22(2)15(12-16)4-5-17-18-6-7-20(21(27)13-25-24)23(18,3)11-9-19(17)22/h15-20H,4-13H2,1-3H3/q+1. The first-order valence-electron chi connectivity index (χ1n) is 11.3. The van der Waals surface area contributed by atoms with Crippen LogP contribution in [0.5, 0.6) is 0 Å². The molecule has 4 saturated carbocycles. The second-order valence-electron chi connectivity index (χ2n) is 10.6. The van der Waals surface area contributed by atoms with E-state index in [0.717, 1.165) is 44.4 Å². The maximum atomic E-state index is 12.6. The van der Waals surface area contributed by atoms with Crippen LogP contribution in [0.2, 0.25) is 0 Å². The lowest BCUT2D eigenvalue weighted by molar-refractivity contribution is -0.161. The van der Waals surface area contributed by atoms with Crippen LogP contribution in [0.4, 0.5) is 0 Å². The second kappa shape index (κ2) is 7.11. The molecule has 0 aromatic rings. The monoisotopic (exact) mass is 387 g/mol. The molecule has 0 heterocycles. The lowest BCUT2D eigenvalue weighted by Crippen LogP contribution is -2.54. The van der Waals surface area contributed by atoms with Crippen LogP contribution in [0.1, 0.15) is 78.6 Å². The van der Waals surface area contributed by atoms with E-state index in [2.05, 4.69) is 18.8 Å². The van der Waals surface area contributed by atoms with Crippen LogP contribution in [0, 0.1) is 45.8 Å². The Hall–Kier alpha value is -1.44. The van der Waals surface area contributed by atoms with Gasteiger partial charge in [0.1, 0.15) is 11.1 Å².